The Morgan fingerprint density at radius 1 is 0.300 bits per heavy atom. The average Bonchev–Trinajstić information content (AvgIpc) is 3.71. The number of aromatic nitrogens is 3. The topological polar surface area (TPSA) is 22.8 Å². The van der Waals surface area contributed by atoms with Gasteiger partial charge in [0.1, 0.15) is 0 Å². The Kier molecular flexibility index (Phi) is 6.49. The highest BCUT2D eigenvalue weighted by Gasteiger charge is 2.17. The molecule has 0 atom stereocenters. The Hall–Kier alpha value is -6.71. The molecule has 3 aromatic heterocycles. The van der Waals surface area contributed by atoms with Crippen LogP contribution < -0.4 is 0 Å². The molecule has 0 radical (unpaired) electrons. The summed E-state index contributed by atoms with van der Waals surface area (Å²) in [6.07, 6.45) is 3.89. The van der Waals surface area contributed by atoms with E-state index in [2.05, 4.69) is 190 Å². The van der Waals surface area contributed by atoms with Gasteiger partial charge in [0.2, 0.25) is 0 Å². The molecule has 0 saturated carbocycles. The highest BCUT2D eigenvalue weighted by Crippen LogP contribution is 2.39. The number of rotatable bonds is 5. The molecule has 0 aliphatic carbocycles. The third-order valence-electron chi connectivity index (χ3n) is 10.00. The number of pyridine rings is 1. The molecule has 0 bridgehead atoms. The van der Waals surface area contributed by atoms with Gasteiger partial charge in [0.05, 0.1) is 22.1 Å². The van der Waals surface area contributed by atoms with E-state index in [0.29, 0.717) is 0 Å². The lowest BCUT2D eigenvalue weighted by atomic mass is 10.0. The Balaban J connectivity index is 1.12. The molecular formula is C47H31N3. The van der Waals surface area contributed by atoms with Crippen LogP contribution in [0.5, 0.6) is 0 Å². The van der Waals surface area contributed by atoms with Crippen molar-refractivity contribution in [3.8, 4) is 44.8 Å². The second-order valence-electron chi connectivity index (χ2n) is 12.9. The number of para-hydroxylation sites is 1. The smallest absolute Gasteiger partial charge is 0.0571 e. The summed E-state index contributed by atoms with van der Waals surface area (Å²) in [5.74, 6) is 0. The first kappa shape index (κ1) is 28.3. The van der Waals surface area contributed by atoms with Crippen molar-refractivity contribution in [2.75, 3.05) is 0 Å². The molecule has 0 aliphatic heterocycles. The van der Waals surface area contributed by atoms with Gasteiger partial charge in [-0.25, -0.2) is 0 Å². The lowest BCUT2D eigenvalue weighted by Crippen LogP contribution is -1.94. The Bertz CT molecular complexity index is 2660. The largest absolute Gasteiger partial charge is 0.309 e. The van der Waals surface area contributed by atoms with E-state index in [1.165, 1.54) is 60.6 Å². The zero-order chi connectivity index (χ0) is 33.0. The highest BCUT2D eigenvalue weighted by molar-refractivity contribution is 6.12. The van der Waals surface area contributed by atoms with Crippen molar-refractivity contribution in [2.45, 2.75) is 0 Å². The van der Waals surface area contributed by atoms with Gasteiger partial charge in [-0.3, -0.25) is 4.98 Å². The van der Waals surface area contributed by atoms with Crippen molar-refractivity contribution in [1.29, 1.82) is 0 Å². The maximum atomic E-state index is 4.55. The molecule has 3 nitrogen and oxygen atoms in total. The van der Waals surface area contributed by atoms with Crippen LogP contribution in [0, 0.1) is 0 Å². The fourth-order valence-electron chi connectivity index (χ4n) is 7.66. The molecule has 0 spiro atoms. The molecule has 0 aliphatic rings. The summed E-state index contributed by atoms with van der Waals surface area (Å²) in [5.41, 5.74) is 14.2. The summed E-state index contributed by atoms with van der Waals surface area (Å²) in [6, 6.07) is 63.4. The Morgan fingerprint density at radius 2 is 0.760 bits per heavy atom. The van der Waals surface area contributed by atoms with Crippen LogP contribution in [-0.4, -0.2) is 14.1 Å². The summed E-state index contributed by atoms with van der Waals surface area (Å²) in [7, 11) is 0. The average molecular weight is 638 g/mol. The summed E-state index contributed by atoms with van der Waals surface area (Å²) < 4.78 is 4.76. The van der Waals surface area contributed by atoms with E-state index >= 15 is 0 Å². The summed E-state index contributed by atoms with van der Waals surface area (Å²) in [6.45, 7) is 0. The lowest BCUT2D eigenvalue weighted by molar-refractivity contribution is 1.17. The van der Waals surface area contributed by atoms with E-state index in [-0.39, 0.29) is 0 Å². The maximum absolute atomic E-state index is 4.55. The minimum absolute atomic E-state index is 1.14. The van der Waals surface area contributed by atoms with Crippen molar-refractivity contribution in [2.24, 2.45) is 0 Å². The Labute approximate surface area is 290 Å². The fourth-order valence-corrected chi connectivity index (χ4v) is 7.66. The van der Waals surface area contributed by atoms with Gasteiger partial charge in [0.15, 0.2) is 0 Å². The molecule has 50 heavy (non-hydrogen) atoms. The second kappa shape index (κ2) is 11.5. The summed E-state index contributed by atoms with van der Waals surface area (Å²) in [4.78, 5) is 4.55. The molecule has 0 saturated heterocycles. The molecule has 234 valence electrons. The first-order valence-corrected chi connectivity index (χ1v) is 17.0. The van der Waals surface area contributed by atoms with E-state index in [0.717, 1.165) is 27.8 Å². The molecule has 3 heteroatoms. The zero-order valence-corrected chi connectivity index (χ0v) is 27.2. The van der Waals surface area contributed by atoms with Crippen LogP contribution in [0.2, 0.25) is 0 Å². The van der Waals surface area contributed by atoms with E-state index in [1.807, 2.05) is 12.4 Å². The number of fused-ring (bicyclic) bond motifs is 6. The van der Waals surface area contributed by atoms with Crippen LogP contribution >= 0.6 is 0 Å². The number of hydrogen-bond donors (Lipinski definition) is 0. The molecule has 0 fully saturated rings. The molecule has 10 rings (SSSR count). The van der Waals surface area contributed by atoms with Crippen molar-refractivity contribution < 1.29 is 0 Å². The van der Waals surface area contributed by atoms with Gasteiger partial charge in [-0.2, -0.15) is 0 Å². The van der Waals surface area contributed by atoms with E-state index < -0.39 is 0 Å². The third kappa shape index (κ3) is 4.56. The normalized spacial score (nSPS) is 11.6. The molecule has 10 aromatic rings. The number of nitrogens with zero attached hydrogens (tertiary/aromatic N) is 3. The Morgan fingerprint density at radius 3 is 1.36 bits per heavy atom. The number of hydrogen-bond acceptors (Lipinski definition) is 1. The van der Waals surface area contributed by atoms with Crippen molar-refractivity contribution in [3.63, 3.8) is 0 Å². The van der Waals surface area contributed by atoms with Crippen molar-refractivity contribution in [1.82, 2.24) is 14.1 Å². The summed E-state index contributed by atoms with van der Waals surface area (Å²) >= 11 is 0. The zero-order valence-electron chi connectivity index (χ0n) is 27.2. The minimum atomic E-state index is 1.14. The lowest BCUT2D eigenvalue weighted by Gasteiger charge is -2.11. The van der Waals surface area contributed by atoms with Gasteiger partial charge < -0.3 is 9.13 Å². The molecular weight excluding hydrogens is 607 g/mol. The van der Waals surface area contributed by atoms with Crippen LogP contribution in [0.1, 0.15) is 0 Å². The quantitative estimate of drug-likeness (QED) is 0.184. The summed E-state index contributed by atoms with van der Waals surface area (Å²) in [5, 5.41) is 4.82. The van der Waals surface area contributed by atoms with Gasteiger partial charge in [-0.15, -0.1) is 0 Å². The van der Waals surface area contributed by atoms with Gasteiger partial charge in [0.25, 0.3) is 0 Å². The van der Waals surface area contributed by atoms with Crippen LogP contribution in [0.15, 0.2) is 188 Å². The monoisotopic (exact) mass is 637 g/mol. The van der Waals surface area contributed by atoms with Gasteiger partial charge in [-0.1, -0.05) is 115 Å². The molecule has 3 heterocycles. The maximum Gasteiger partial charge on any atom is 0.0571 e. The van der Waals surface area contributed by atoms with E-state index in [1.54, 1.807) is 0 Å². The first-order valence-electron chi connectivity index (χ1n) is 17.0. The van der Waals surface area contributed by atoms with Crippen molar-refractivity contribution in [3.05, 3.63) is 188 Å². The molecule has 0 amide bonds. The van der Waals surface area contributed by atoms with Crippen LogP contribution in [0.3, 0.4) is 0 Å². The van der Waals surface area contributed by atoms with Crippen LogP contribution in [0.4, 0.5) is 0 Å². The number of benzene rings is 7. The van der Waals surface area contributed by atoms with Crippen molar-refractivity contribution >= 4 is 43.6 Å². The molecule has 0 unspecified atom stereocenters. The van der Waals surface area contributed by atoms with Gasteiger partial charge >= 0.3 is 0 Å². The van der Waals surface area contributed by atoms with Crippen LogP contribution in [-0.2, 0) is 0 Å². The predicted octanol–water partition coefficient (Wildman–Crippen LogP) is 12.3. The van der Waals surface area contributed by atoms with Gasteiger partial charge in [-0.05, 0) is 94.0 Å². The van der Waals surface area contributed by atoms with Gasteiger partial charge in [0, 0.05) is 45.3 Å². The third-order valence-corrected chi connectivity index (χ3v) is 10.00. The SMILES string of the molecule is c1ccc(-c2cccc(-n3c4ccccc4c4cc(-c5ccc6c(c5)c5cnccc5n6-c5cccc(-c6ccccc6)c5)ccc43)c2)cc1. The van der Waals surface area contributed by atoms with Crippen LogP contribution in [0.25, 0.3) is 88.4 Å². The second-order valence-corrected chi connectivity index (χ2v) is 12.9. The fraction of sp³-hybridized carbons (Fsp3) is 0. The molecule has 0 N–H and O–H groups in total. The predicted molar refractivity (Wildman–Crippen MR) is 209 cm³/mol. The minimum Gasteiger partial charge on any atom is -0.309 e. The first-order chi connectivity index (χ1) is 24.8. The molecule has 7 aromatic carbocycles. The van der Waals surface area contributed by atoms with E-state index in [4.69, 9.17) is 0 Å². The highest BCUT2D eigenvalue weighted by atomic mass is 15.0. The standard InChI is InChI=1S/C47H31N3/c1-3-11-32(12-4-1)34-15-9-17-38(27-34)49-44-20-8-7-19-40(44)41-29-36(21-23-45(41)49)37-22-24-46-42(30-37)43-31-48-26-25-47(43)50(46)39-18-10-16-35(28-39)33-13-5-2-6-14-33/h1-31H. The van der Waals surface area contributed by atoms with E-state index in [9.17, 15) is 0 Å².